The minimum absolute atomic E-state index is 0.0477. The molecular weight excluding hydrogens is 360 g/mol. The first kappa shape index (κ1) is 18.2. The summed E-state index contributed by atoms with van der Waals surface area (Å²) >= 11 is 1.33. The Balaban J connectivity index is 1.70. The van der Waals surface area contributed by atoms with Crippen molar-refractivity contribution in [2.45, 2.75) is 31.5 Å². The smallest absolute Gasteiger partial charge is 0.233 e. The summed E-state index contributed by atoms with van der Waals surface area (Å²) in [4.78, 5) is 14.5. The Morgan fingerprint density at radius 2 is 2.20 bits per heavy atom. The fraction of sp³-hybridized carbons (Fsp3) is 0.562. The summed E-state index contributed by atoms with van der Waals surface area (Å²) in [6.07, 6.45) is 2.39. The lowest BCUT2D eigenvalue weighted by molar-refractivity contribution is -0.130. The Bertz CT molecular complexity index is 863. The van der Waals surface area contributed by atoms with Gasteiger partial charge in [0.15, 0.2) is 20.6 Å². The van der Waals surface area contributed by atoms with Gasteiger partial charge in [-0.25, -0.2) is 8.42 Å². The molecule has 1 aliphatic heterocycles. The average molecular weight is 383 g/mol. The molecule has 25 heavy (non-hydrogen) atoms. The summed E-state index contributed by atoms with van der Waals surface area (Å²) in [5.41, 5.74) is 0.735. The van der Waals surface area contributed by atoms with Gasteiger partial charge in [0.1, 0.15) is 0 Å². The molecule has 2 aromatic heterocycles. The van der Waals surface area contributed by atoms with Crippen molar-refractivity contribution in [1.29, 1.82) is 0 Å². The fourth-order valence-electron chi connectivity index (χ4n) is 3.00. The minimum Gasteiger partial charge on any atom is -0.338 e. The SMILES string of the molecule is CC(C)CN(C(=O)CSc1nnc2ccccn12)[C@H]1CCS(=O)(=O)C1. The standard InChI is InChI=1S/C16H22N4O3S2/c1-12(2)9-20(13-6-8-25(22,23)11-13)15(21)10-24-16-18-17-14-5-3-4-7-19(14)16/h3-5,7,12-13H,6,8-11H2,1-2H3/t13-/m0/s1. The number of carbonyl (C=O) groups is 1. The van der Waals surface area contributed by atoms with E-state index in [0.29, 0.717) is 18.1 Å². The fourth-order valence-corrected chi connectivity index (χ4v) is 5.54. The van der Waals surface area contributed by atoms with Crippen molar-refractivity contribution in [1.82, 2.24) is 19.5 Å². The highest BCUT2D eigenvalue weighted by molar-refractivity contribution is 7.99. The quantitative estimate of drug-likeness (QED) is 0.704. The molecular formula is C16H22N4O3S2. The number of aromatic nitrogens is 3. The molecule has 3 rings (SSSR count). The number of sulfone groups is 1. The summed E-state index contributed by atoms with van der Waals surface area (Å²) in [6.45, 7) is 4.63. The van der Waals surface area contributed by atoms with Crippen LogP contribution in [0.2, 0.25) is 0 Å². The van der Waals surface area contributed by atoms with E-state index >= 15 is 0 Å². The number of thioether (sulfide) groups is 1. The molecule has 136 valence electrons. The number of hydrogen-bond acceptors (Lipinski definition) is 6. The van der Waals surface area contributed by atoms with E-state index in [-0.39, 0.29) is 35.1 Å². The molecule has 0 saturated carbocycles. The van der Waals surface area contributed by atoms with Gasteiger partial charge in [-0.3, -0.25) is 9.20 Å². The zero-order valence-corrected chi connectivity index (χ0v) is 16.0. The first-order chi connectivity index (χ1) is 11.9. The van der Waals surface area contributed by atoms with Crippen molar-refractivity contribution in [3.8, 4) is 0 Å². The van der Waals surface area contributed by atoms with E-state index < -0.39 is 9.84 Å². The molecule has 3 heterocycles. The highest BCUT2D eigenvalue weighted by atomic mass is 32.2. The number of rotatable bonds is 6. The van der Waals surface area contributed by atoms with Crippen LogP contribution in [0.25, 0.3) is 5.65 Å². The van der Waals surface area contributed by atoms with Crippen LogP contribution in [0.1, 0.15) is 20.3 Å². The highest BCUT2D eigenvalue weighted by Crippen LogP contribution is 2.22. The van der Waals surface area contributed by atoms with Gasteiger partial charge in [0.2, 0.25) is 5.91 Å². The predicted molar refractivity (Wildman–Crippen MR) is 97.3 cm³/mol. The molecule has 1 saturated heterocycles. The second kappa shape index (κ2) is 7.33. The first-order valence-corrected chi connectivity index (χ1v) is 11.1. The van der Waals surface area contributed by atoms with Gasteiger partial charge >= 0.3 is 0 Å². The van der Waals surface area contributed by atoms with E-state index in [2.05, 4.69) is 10.2 Å². The zero-order chi connectivity index (χ0) is 18.0. The first-order valence-electron chi connectivity index (χ1n) is 8.28. The highest BCUT2D eigenvalue weighted by Gasteiger charge is 2.34. The van der Waals surface area contributed by atoms with Crippen LogP contribution in [-0.4, -0.2) is 63.7 Å². The Morgan fingerprint density at radius 1 is 1.40 bits per heavy atom. The summed E-state index contributed by atoms with van der Waals surface area (Å²) in [5.74, 6) is 0.699. The van der Waals surface area contributed by atoms with Gasteiger partial charge in [-0.2, -0.15) is 0 Å². The van der Waals surface area contributed by atoms with Gasteiger partial charge in [0, 0.05) is 18.8 Å². The number of amides is 1. The van der Waals surface area contributed by atoms with Crippen LogP contribution in [0.4, 0.5) is 0 Å². The van der Waals surface area contributed by atoms with Gasteiger partial charge in [0.25, 0.3) is 0 Å². The molecule has 1 atom stereocenters. The van der Waals surface area contributed by atoms with Crippen molar-refractivity contribution in [2.75, 3.05) is 23.8 Å². The third-order valence-corrected chi connectivity index (χ3v) is 6.82. The third-order valence-electron chi connectivity index (χ3n) is 4.14. The maximum Gasteiger partial charge on any atom is 0.233 e. The molecule has 0 aromatic carbocycles. The van der Waals surface area contributed by atoms with E-state index in [9.17, 15) is 13.2 Å². The van der Waals surface area contributed by atoms with Gasteiger partial charge < -0.3 is 4.90 Å². The molecule has 1 fully saturated rings. The average Bonchev–Trinajstić information content (AvgIpc) is 3.13. The Labute approximate surface area is 151 Å². The molecule has 1 aliphatic rings. The van der Waals surface area contributed by atoms with E-state index in [4.69, 9.17) is 0 Å². The summed E-state index contributed by atoms with van der Waals surface area (Å²) in [7, 11) is -3.02. The molecule has 9 heteroatoms. The van der Waals surface area contributed by atoms with Gasteiger partial charge in [-0.15, -0.1) is 10.2 Å². The van der Waals surface area contributed by atoms with Crippen LogP contribution in [0.5, 0.6) is 0 Å². The molecule has 7 nitrogen and oxygen atoms in total. The van der Waals surface area contributed by atoms with Crippen LogP contribution in [-0.2, 0) is 14.6 Å². The Hall–Kier alpha value is -1.61. The Kier molecular flexibility index (Phi) is 5.33. The van der Waals surface area contributed by atoms with Crippen molar-refractivity contribution in [2.24, 2.45) is 5.92 Å². The summed E-state index contributed by atoms with van der Waals surface area (Å²) in [6, 6.07) is 5.41. The van der Waals surface area contributed by atoms with E-state index in [1.165, 1.54) is 11.8 Å². The molecule has 0 unspecified atom stereocenters. The van der Waals surface area contributed by atoms with Crippen molar-refractivity contribution in [3.63, 3.8) is 0 Å². The summed E-state index contributed by atoms with van der Waals surface area (Å²) < 4.78 is 25.4. The number of pyridine rings is 1. The molecule has 0 spiro atoms. The minimum atomic E-state index is -3.02. The van der Waals surface area contributed by atoms with Gasteiger partial charge in [-0.1, -0.05) is 31.7 Å². The van der Waals surface area contributed by atoms with Gasteiger partial charge in [-0.05, 0) is 24.5 Å². The van der Waals surface area contributed by atoms with Crippen molar-refractivity contribution >= 4 is 33.2 Å². The monoisotopic (exact) mass is 382 g/mol. The topological polar surface area (TPSA) is 84.6 Å². The number of fused-ring (bicyclic) bond motifs is 1. The van der Waals surface area contributed by atoms with Gasteiger partial charge in [0.05, 0.1) is 17.3 Å². The number of nitrogens with zero attached hydrogens (tertiary/aromatic N) is 4. The van der Waals surface area contributed by atoms with Crippen LogP contribution in [0, 0.1) is 5.92 Å². The summed E-state index contributed by atoms with van der Waals surface area (Å²) in [5, 5.41) is 8.85. The Morgan fingerprint density at radius 3 is 2.88 bits per heavy atom. The van der Waals surface area contributed by atoms with Crippen molar-refractivity contribution < 1.29 is 13.2 Å². The van der Waals surface area contributed by atoms with E-state index in [1.807, 2.05) is 42.6 Å². The third kappa shape index (κ3) is 4.33. The van der Waals surface area contributed by atoms with Crippen LogP contribution < -0.4 is 0 Å². The van der Waals surface area contributed by atoms with Crippen molar-refractivity contribution in [3.05, 3.63) is 24.4 Å². The lowest BCUT2D eigenvalue weighted by Crippen LogP contribution is -2.44. The maximum absolute atomic E-state index is 12.8. The lowest BCUT2D eigenvalue weighted by Gasteiger charge is -2.29. The lowest BCUT2D eigenvalue weighted by atomic mass is 10.1. The molecule has 2 aromatic rings. The van der Waals surface area contributed by atoms with E-state index in [0.717, 1.165) is 5.65 Å². The molecule has 1 amide bonds. The normalized spacial score (nSPS) is 19.6. The molecule has 0 aliphatic carbocycles. The van der Waals surface area contributed by atoms with E-state index in [1.54, 1.807) is 4.90 Å². The van der Waals surface area contributed by atoms with Crippen LogP contribution in [0.15, 0.2) is 29.6 Å². The second-order valence-electron chi connectivity index (χ2n) is 6.70. The predicted octanol–water partition coefficient (Wildman–Crippen LogP) is 1.49. The largest absolute Gasteiger partial charge is 0.338 e. The van der Waals surface area contributed by atoms with Crippen LogP contribution in [0.3, 0.4) is 0 Å². The molecule has 0 radical (unpaired) electrons. The number of carbonyl (C=O) groups excluding carboxylic acids is 1. The molecule has 0 N–H and O–H groups in total. The maximum atomic E-state index is 12.8. The zero-order valence-electron chi connectivity index (χ0n) is 14.3. The number of hydrogen-bond donors (Lipinski definition) is 0. The van der Waals surface area contributed by atoms with Crippen LogP contribution >= 0.6 is 11.8 Å². The second-order valence-corrected chi connectivity index (χ2v) is 9.87. The molecule has 0 bridgehead atoms.